The van der Waals surface area contributed by atoms with Gasteiger partial charge in [0.15, 0.2) is 18.0 Å². The van der Waals surface area contributed by atoms with Crippen LogP contribution in [-0.4, -0.2) is 82.3 Å². The summed E-state index contributed by atoms with van der Waals surface area (Å²) in [4.78, 5) is 42.6. The number of carbonyl (C=O) groups is 3. The van der Waals surface area contributed by atoms with E-state index in [1.165, 1.54) is 29.9 Å². The molecule has 6 atom stereocenters. The number of nitrogens with one attached hydrogen (secondary N) is 1. The van der Waals surface area contributed by atoms with E-state index in [4.69, 9.17) is 38.5 Å². The van der Waals surface area contributed by atoms with Crippen LogP contribution in [0.25, 0.3) is 5.52 Å². The fourth-order valence-corrected chi connectivity index (χ4v) is 6.95. The zero-order valence-corrected chi connectivity index (χ0v) is 28.7. The van der Waals surface area contributed by atoms with Gasteiger partial charge in [0.2, 0.25) is 5.60 Å². The maximum atomic E-state index is 14.4. The number of para-hydroxylation sites is 1. The number of nitrogens with two attached hydrogens (primary N) is 1. The van der Waals surface area contributed by atoms with Crippen molar-refractivity contribution in [1.29, 1.82) is 5.26 Å². The van der Waals surface area contributed by atoms with Crippen LogP contribution in [0.1, 0.15) is 58.3 Å². The topological polar surface area (TPSA) is 225 Å². The Morgan fingerprint density at radius 1 is 1.10 bits per heavy atom. The molecule has 2 saturated heterocycles. The summed E-state index contributed by atoms with van der Waals surface area (Å²) in [5, 5.41) is 17.6. The van der Waals surface area contributed by atoms with E-state index in [0.717, 1.165) is 0 Å². The number of ether oxygens (including phenoxy) is 5. The highest BCUT2D eigenvalue weighted by Gasteiger charge is 2.62. The molecule has 50 heavy (non-hydrogen) atoms. The van der Waals surface area contributed by atoms with Crippen molar-refractivity contribution in [3.05, 3.63) is 54.5 Å². The SMILES string of the molecule is CCC(=O)O[C@H]1[C@H](c2ccc3c(N)ncnn23)O[C@](C#N)(COP(=O)(N[C@@H](C)C(=O)OC2CCOCC2)Oc2ccccc2)[C@H]1OC(=O)CC. The Hall–Kier alpha value is -4.59. The molecule has 5 rings (SSSR count). The summed E-state index contributed by atoms with van der Waals surface area (Å²) >= 11 is 0. The molecule has 0 aliphatic carbocycles. The first-order valence-corrected chi connectivity index (χ1v) is 17.7. The Labute approximate surface area is 287 Å². The molecule has 3 N–H and O–H groups in total. The molecule has 2 fully saturated rings. The monoisotopic (exact) mass is 714 g/mol. The molecule has 0 radical (unpaired) electrons. The van der Waals surface area contributed by atoms with Crippen LogP contribution in [0.3, 0.4) is 0 Å². The number of fused-ring (bicyclic) bond motifs is 1. The van der Waals surface area contributed by atoms with Crippen molar-refractivity contribution in [2.24, 2.45) is 0 Å². The molecule has 2 aliphatic heterocycles. The van der Waals surface area contributed by atoms with Crippen LogP contribution < -0.4 is 15.3 Å². The van der Waals surface area contributed by atoms with Gasteiger partial charge >= 0.3 is 25.7 Å². The number of carbonyl (C=O) groups excluding carboxylic acids is 3. The lowest BCUT2D eigenvalue weighted by Crippen LogP contribution is -2.49. The molecule has 0 saturated carbocycles. The summed E-state index contributed by atoms with van der Waals surface area (Å²) in [5.41, 5.74) is 4.48. The van der Waals surface area contributed by atoms with Gasteiger partial charge in [-0.2, -0.15) is 15.4 Å². The zero-order valence-electron chi connectivity index (χ0n) is 27.8. The van der Waals surface area contributed by atoms with Gasteiger partial charge in [-0.25, -0.2) is 14.1 Å². The highest BCUT2D eigenvalue weighted by Crippen LogP contribution is 2.50. The van der Waals surface area contributed by atoms with Crippen molar-refractivity contribution in [3.8, 4) is 11.8 Å². The number of esters is 3. The number of nitrogens with zero attached hydrogens (tertiary/aromatic N) is 4. The van der Waals surface area contributed by atoms with E-state index >= 15 is 0 Å². The minimum Gasteiger partial charge on any atom is -0.461 e. The molecule has 18 heteroatoms. The Bertz CT molecular complexity index is 1760. The first-order chi connectivity index (χ1) is 24.0. The van der Waals surface area contributed by atoms with Crippen LogP contribution in [0.5, 0.6) is 5.75 Å². The second kappa shape index (κ2) is 16.0. The van der Waals surface area contributed by atoms with Gasteiger partial charge in [0, 0.05) is 25.7 Å². The summed E-state index contributed by atoms with van der Waals surface area (Å²) in [6, 6.07) is 12.0. The van der Waals surface area contributed by atoms with Crippen LogP contribution in [0.15, 0.2) is 48.8 Å². The average Bonchev–Trinajstić information content (AvgIpc) is 3.68. The van der Waals surface area contributed by atoms with Crippen LogP contribution in [0.4, 0.5) is 5.82 Å². The van der Waals surface area contributed by atoms with E-state index < -0.39 is 62.2 Å². The van der Waals surface area contributed by atoms with E-state index in [1.807, 2.05) is 6.07 Å². The lowest BCUT2D eigenvalue weighted by atomic mass is 9.95. The summed E-state index contributed by atoms with van der Waals surface area (Å²) in [5.74, 6) is -1.88. The quantitative estimate of drug-likeness (QED) is 0.139. The molecule has 2 aromatic heterocycles. The molecule has 1 unspecified atom stereocenters. The van der Waals surface area contributed by atoms with Crippen molar-refractivity contribution in [2.45, 2.75) is 82.5 Å². The molecule has 268 valence electrons. The normalized spacial score (nSPS) is 24.1. The number of rotatable bonds is 14. The Morgan fingerprint density at radius 3 is 2.48 bits per heavy atom. The molecule has 0 spiro atoms. The Kier molecular flexibility index (Phi) is 11.7. The first-order valence-electron chi connectivity index (χ1n) is 16.1. The summed E-state index contributed by atoms with van der Waals surface area (Å²) < 4.78 is 56.2. The van der Waals surface area contributed by atoms with Gasteiger partial charge in [-0.05, 0) is 31.2 Å². The molecule has 0 amide bonds. The second-order valence-corrected chi connectivity index (χ2v) is 13.3. The zero-order chi connectivity index (χ0) is 35.9. The van der Waals surface area contributed by atoms with E-state index in [2.05, 4.69) is 15.2 Å². The van der Waals surface area contributed by atoms with Crippen molar-refractivity contribution < 1.29 is 51.7 Å². The minimum atomic E-state index is -4.56. The largest absolute Gasteiger partial charge is 0.461 e. The molecule has 4 heterocycles. The predicted molar refractivity (Wildman–Crippen MR) is 173 cm³/mol. The van der Waals surface area contributed by atoms with Crippen LogP contribution >= 0.6 is 7.75 Å². The number of nitrogen functional groups attached to an aromatic ring is 1. The Balaban J connectivity index is 1.49. The van der Waals surface area contributed by atoms with Crippen molar-refractivity contribution in [3.63, 3.8) is 0 Å². The van der Waals surface area contributed by atoms with E-state index in [0.29, 0.717) is 31.6 Å². The molecule has 2 aliphatic rings. The molecule has 3 aromatic rings. The summed E-state index contributed by atoms with van der Waals surface area (Å²) in [7, 11) is -4.56. The third-order valence-electron chi connectivity index (χ3n) is 8.06. The number of nitriles is 1. The van der Waals surface area contributed by atoms with E-state index in [1.54, 1.807) is 44.2 Å². The molecule has 0 bridgehead atoms. The van der Waals surface area contributed by atoms with E-state index in [-0.39, 0.29) is 36.2 Å². The number of benzene rings is 1. The molecular weight excluding hydrogens is 675 g/mol. The highest BCUT2D eigenvalue weighted by molar-refractivity contribution is 7.52. The summed E-state index contributed by atoms with van der Waals surface area (Å²) in [6.45, 7) is 4.56. The predicted octanol–water partition coefficient (Wildman–Crippen LogP) is 3.19. The smallest absolute Gasteiger partial charge is 0.459 e. The fourth-order valence-electron chi connectivity index (χ4n) is 5.43. The lowest BCUT2D eigenvalue weighted by Gasteiger charge is -2.30. The van der Waals surface area contributed by atoms with Crippen LogP contribution in [0.2, 0.25) is 0 Å². The Morgan fingerprint density at radius 2 is 1.80 bits per heavy atom. The highest BCUT2D eigenvalue weighted by atomic mass is 31.2. The van der Waals surface area contributed by atoms with Crippen LogP contribution in [0, 0.1) is 11.3 Å². The molecule has 17 nitrogen and oxygen atoms in total. The van der Waals surface area contributed by atoms with Gasteiger partial charge < -0.3 is 33.9 Å². The van der Waals surface area contributed by atoms with Gasteiger partial charge in [-0.3, -0.25) is 18.9 Å². The molecular formula is C32H39N6O11P. The lowest BCUT2D eigenvalue weighted by molar-refractivity contribution is -0.169. The first kappa shape index (κ1) is 36.7. The van der Waals surface area contributed by atoms with Gasteiger partial charge in [0.25, 0.3) is 0 Å². The third kappa shape index (κ3) is 8.23. The van der Waals surface area contributed by atoms with Gasteiger partial charge in [0.05, 0.1) is 18.9 Å². The van der Waals surface area contributed by atoms with Gasteiger partial charge in [-0.1, -0.05) is 32.0 Å². The summed E-state index contributed by atoms with van der Waals surface area (Å²) in [6.07, 6.45) is -2.57. The van der Waals surface area contributed by atoms with Crippen molar-refractivity contribution >= 4 is 37.0 Å². The minimum absolute atomic E-state index is 0.0519. The number of hydrogen-bond donors (Lipinski definition) is 2. The fraction of sp³-hybridized carbons (Fsp3) is 0.500. The van der Waals surface area contributed by atoms with E-state index in [9.17, 15) is 24.2 Å². The van der Waals surface area contributed by atoms with Crippen molar-refractivity contribution in [2.75, 3.05) is 25.6 Å². The number of aromatic nitrogens is 3. The maximum Gasteiger partial charge on any atom is 0.459 e. The van der Waals surface area contributed by atoms with Gasteiger partial charge in [-0.15, -0.1) is 0 Å². The third-order valence-corrected chi connectivity index (χ3v) is 9.69. The molecule has 1 aromatic carbocycles. The maximum absolute atomic E-state index is 14.4. The number of anilines is 1. The van der Waals surface area contributed by atoms with Gasteiger partial charge in [0.1, 0.15) is 48.5 Å². The standard InChI is InChI=1S/C32H39N6O11P/c1-4-25(39)46-28-27(23-11-12-24-30(34)35-19-36-38(23)24)48-32(17-33,29(28)47-26(40)5-2)18-44-50(42,49-22-9-7-6-8-10-22)37-20(3)31(41)45-21-13-15-43-16-14-21/h6-12,19-21,27-29H,4-5,13-16,18H2,1-3H3,(H,37,42)(H2,34,35,36)/t20-,27-,28-,29-,32+,50?/m0/s1. The van der Waals surface area contributed by atoms with Crippen LogP contribution in [-0.2, 0) is 47.2 Å². The number of hydrogen-bond acceptors (Lipinski definition) is 15. The average molecular weight is 715 g/mol. The second-order valence-electron chi connectivity index (χ2n) is 11.6. The van der Waals surface area contributed by atoms with Crippen molar-refractivity contribution in [1.82, 2.24) is 19.7 Å².